The fourth-order valence-electron chi connectivity index (χ4n) is 2.80. The first-order valence-electron chi connectivity index (χ1n) is 8.16. The molecule has 0 saturated carbocycles. The Morgan fingerprint density at radius 2 is 1.54 bits per heavy atom. The van der Waals surface area contributed by atoms with Crippen molar-refractivity contribution in [2.24, 2.45) is 0 Å². The maximum atomic E-state index is 12.6. The van der Waals surface area contributed by atoms with Crippen LogP contribution < -0.4 is 5.56 Å². The van der Waals surface area contributed by atoms with E-state index in [1.54, 1.807) is 12.4 Å². The molecule has 0 amide bonds. The summed E-state index contributed by atoms with van der Waals surface area (Å²) in [4.78, 5) is 16.7. The maximum Gasteiger partial charge on any atom is 0.290 e. The Balaban J connectivity index is 1.60. The van der Waals surface area contributed by atoms with Crippen LogP contribution >= 0.6 is 11.6 Å². The Bertz CT molecular complexity index is 1070. The summed E-state index contributed by atoms with van der Waals surface area (Å²) in [5, 5.41) is 0.674. The molecule has 26 heavy (non-hydrogen) atoms. The number of hydrogen-bond donors (Lipinski definition) is 0. The monoisotopic (exact) mass is 362 g/mol. The van der Waals surface area contributed by atoms with Gasteiger partial charge >= 0.3 is 0 Å². The molecule has 4 nitrogen and oxygen atoms in total. The molecule has 0 saturated heterocycles. The van der Waals surface area contributed by atoms with E-state index in [0.29, 0.717) is 22.7 Å². The third kappa shape index (κ3) is 3.32. The molecule has 0 unspecified atom stereocenters. The SMILES string of the molecule is O=c1c(Cc2ccc(Cl)cc2)con1-c1ccc(-c2ccncc2)cc1. The second kappa shape index (κ2) is 7.02. The van der Waals surface area contributed by atoms with E-state index in [2.05, 4.69) is 4.98 Å². The lowest BCUT2D eigenvalue weighted by Gasteiger charge is -2.03. The molecule has 0 aliphatic carbocycles. The van der Waals surface area contributed by atoms with Gasteiger partial charge in [-0.3, -0.25) is 9.78 Å². The summed E-state index contributed by atoms with van der Waals surface area (Å²) in [7, 11) is 0. The van der Waals surface area contributed by atoms with Gasteiger partial charge < -0.3 is 4.52 Å². The van der Waals surface area contributed by atoms with Crippen molar-refractivity contribution in [3.8, 4) is 16.8 Å². The molecule has 0 aliphatic heterocycles. The number of benzene rings is 2. The fraction of sp³-hybridized carbons (Fsp3) is 0.0476. The van der Waals surface area contributed by atoms with E-state index in [0.717, 1.165) is 16.7 Å². The highest BCUT2D eigenvalue weighted by Crippen LogP contribution is 2.20. The minimum atomic E-state index is -0.156. The molecule has 0 fully saturated rings. The minimum Gasteiger partial charge on any atom is -0.379 e. The van der Waals surface area contributed by atoms with E-state index >= 15 is 0 Å². The van der Waals surface area contributed by atoms with Crippen molar-refractivity contribution in [1.82, 2.24) is 9.72 Å². The zero-order chi connectivity index (χ0) is 17.9. The molecule has 5 heteroatoms. The van der Waals surface area contributed by atoms with Crippen LogP contribution in [0, 0.1) is 0 Å². The van der Waals surface area contributed by atoms with Gasteiger partial charge in [0.2, 0.25) is 0 Å². The van der Waals surface area contributed by atoms with E-state index in [1.165, 1.54) is 11.0 Å². The predicted octanol–water partition coefficient (Wildman–Crippen LogP) is 4.74. The molecular formula is C21H15ClN2O2. The van der Waals surface area contributed by atoms with Crippen molar-refractivity contribution in [1.29, 1.82) is 0 Å². The van der Waals surface area contributed by atoms with Crippen LogP contribution in [-0.4, -0.2) is 9.72 Å². The molecule has 0 N–H and O–H groups in total. The highest BCUT2D eigenvalue weighted by atomic mass is 35.5. The Morgan fingerprint density at radius 3 is 2.23 bits per heavy atom. The van der Waals surface area contributed by atoms with Gasteiger partial charge in [0.15, 0.2) is 0 Å². The van der Waals surface area contributed by atoms with Crippen LogP contribution in [0.1, 0.15) is 11.1 Å². The zero-order valence-electron chi connectivity index (χ0n) is 13.8. The maximum absolute atomic E-state index is 12.6. The molecule has 128 valence electrons. The van der Waals surface area contributed by atoms with Crippen molar-refractivity contribution in [3.05, 3.63) is 106 Å². The summed E-state index contributed by atoms with van der Waals surface area (Å²) >= 11 is 5.90. The summed E-state index contributed by atoms with van der Waals surface area (Å²) in [6.07, 6.45) is 5.52. The average Bonchev–Trinajstić information content (AvgIpc) is 3.05. The van der Waals surface area contributed by atoms with Gasteiger partial charge in [-0.25, -0.2) is 0 Å². The first-order chi connectivity index (χ1) is 12.7. The number of pyridine rings is 1. The highest BCUT2D eigenvalue weighted by molar-refractivity contribution is 6.30. The van der Waals surface area contributed by atoms with E-state index in [9.17, 15) is 4.79 Å². The van der Waals surface area contributed by atoms with Gasteiger partial charge in [-0.1, -0.05) is 35.9 Å². The van der Waals surface area contributed by atoms with Crippen molar-refractivity contribution in [3.63, 3.8) is 0 Å². The lowest BCUT2D eigenvalue weighted by Crippen LogP contribution is -2.15. The van der Waals surface area contributed by atoms with Gasteiger partial charge in [0.1, 0.15) is 6.26 Å². The quantitative estimate of drug-likeness (QED) is 0.527. The molecule has 0 radical (unpaired) electrons. The van der Waals surface area contributed by atoms with Crippen molar-refractivity contribution >= 4 is 11.6 Å². The van der Waals surface area contributed by atoms with E-state index < -0.39 is 0 Å². The van der Waals surface area contributed by atoms with E-state index in [1.807, 2.05) is 60.7 Å². The molecule has 4 rings (SSSR count). The number of nitrogens with zero attached hydrogens (tertiary/aromatic N) is 2. The number of halogens is 1. The Labute approximate surface area is 155 Å². The first kappa shape index (κ1) is 16.4. The lowest BCUT2D eigenvalue weighted by atomic mass is 10.1. The second-order valence-electron chi connectivity index (χ2n) is 5.93. The lowest BCUT2D eigenvalue weighted by molar-refractivity contribution is 0.339. The second-order valence-corrected chi connectivity index (χ2v) is 6.37. The predicted molar refractivity (Wildman–Crippen MR) is 102 cm³/mol. The van der Waals surface area contributed by atoms with Crippen LogP contribution in [0.25, 0.3) is 16.8 Å². The molecule has 0 atom stereocenters. The van der Waals surface area contributed by atoms with Gasteiger partial charge in [0.05, 0.1) is 11.3 Å². The van der Waals surface area contributed by atoms with E-state index in [4.69, 9.17) is 16.1 Å². The minimum absolute atomic E-state index is 0.156. The molecule has 2 aromatic carbocycles. The van der Waals surface area contributed by atoms with Gasteiger partial charge in [-0.15, -0.1) is 4.74 Å². The Morgan fingerprint density at radius 1 is 0.885 bits per heavy atom. The largest absolute Gasteiger partial charge is 0.379 e. The Hall–Kier alpha value is -3.11. The first-order valence-corrected chi connectivity index (χ1v) is 8.54. The van der Waals surface area contributed by atoms with Gasteiger partial charge in [-0.2, -0.15) is 0 Å². The summed E-state index contributed by atoms with van der Waals surface area (Å²) in [6, 6.07) is 19.0. The van der Waals surface area contributed by atoms with Crippen LogP contribution in [0.15, 0.2) is 88.6 Å². The molecule has 4 aromatic rings. The Kier molecular flexibility index (Phi) is 4.42. The summed E-state index contributed by atoms with van der Waals surface area (Å²) in [6.45, 7) is 0. The molecule has 2 heterocycles. The van der Waals surface area contributed by atoms with Crippen molar-refractivity contribution in [2.75, 3.05) is 0 Å². The van der Waals surface area contributed by atoms with Crippen LogP contribution in [-0.2, 0) is 6.42 Å². The number of aromatic nitrogens is 2. The van der Waals surface area contributed by atoms with Crippen molar-refractivity contribution < 1.29 is 4.52 Å². The van der Waals surface area contributed by atoms with Crippen LogP contribution in [0.2, 0.25) is 5.02 Å². The average molecular weight is 363 g/mol. The smallest absolute Gasteiger partial charge is 0.290 e. The fourth-order valence-corrected chi connectivity index (χ4v) is 2.92. The summed E-state index contributed by atoms with van der Waals surface area (Å²) in [5.41, 5.74) is 4.27. The van der Waals surface area contributed by atoms with Crippen LogP contribution in [0.5, 0.6) is 0 Å². The van der Waals surface area contributed by atoms with Crippen LogP contribution in [0.3, 0.4) is 0 Å². The molecule has 2 aromatic heterocycles. The van der Waals surface area contributed by atoms with Gasteiger partial charge in [0.25, 0.3) is 5.56 Å². The molecule has 0 aliphatic rings. The molecule has 0 bridgehead atoms. The number of rotatable bonds is 4. The third-order valence-corrected chi connectivity index (χ3v) is 4.43. The highest BCUT2D eigenvalue weighted by Gasteiger charge is 2.11. The van der Waals surface area contributed by atoms with Crippen molar-refractivity contribution in [2.45, 2.75) is 6.42 Å². The summed E-state index contributed by atoms with van der Waals surface area (Å²) < 4.78 is 6.80. The van der Waals surface area contributed by atoms with Crippen LogP contribution in [0.4, 0.5) is 0 Å². The molecular weight excluding hydrogens is 348 g/mol. The molecule has 0 spiro atoms. The van der Waals surface area contributed by atoms with E-state index in [-0.39, 0.29) is 5.56 Å². The normalized spacial score (nSPS) is 10.8. The topological polar surface area (TPSA) is 48.0 Å². The number of hydrogen-bond acceptors (Lipinski definition) is 3. The van der Waals surface area contributed by atoms with Gasteiger partial charge in [-0.05, 0) is 53.1 Å². The third-order valence-electron chi connectivity index (χ3n) is 4.18. The van der Waals surface area contributed by atoms with Gasteiger partial charge in [0, 0.05) is 23.8 Å². The summed E-state index contributed by atoms with van der Waals surface area (Å²) in [5.74, 6) is 0. The standard InChI is InChI=1S/C21H15ClN2O2/c22-19-5-1-15(2-6-19)13-18-14-26-24(21(18)25)20-7-3-16(4-8-20)17-9-11-23-12-10-17/h1-12,14H,13H2. The zero-order valence-corrected chi connectivity index (χ0v) is 14.6.